The van der Waals surface area contributed by atoms with Crippen LogP contribution in [0, 0.1) is 0 Å². The maximum Gasteiger partial charge on any atom is 0.238 e. The highest BCUT2D eigenvalue weighted by Gasteiger charge is 2.23. The molecule has 0 aromatic carbocycles. The standard InChI is InChI=1S/C10H20N2O3S/c1-8(16(2,14)15)10(13)12-7-5-9-4-3-6-11-9/h8-9,11H,3-7H2,1-2H3,(H,12,13). The normalized spacial score (nSPS) is 23.0. The predicted molar refractivity (Wildman–Crippen MR) is 63.0 cm³/mol. The van der Waals surface area contributed by atoms with Gasteiger partial charge in [-0.15, -0.1) is 0 Å². The van der Waals surface area contributed by atoms with Crippen LogP contribution in [0.5, 0.6) is 0 Å². The summed E-state index contributed by atoms with van der Waals surface area (Å²) in [5.74, 6) is -0.402. The Balaban J connectivity index is 2.24. The SMILES string of the molecule is CC(C(=O)NCCC1CCCN1)S(C)(=O)=O. The second-order valence-electron chi connectivity index (χ2n) is 4.34. The van der Waals surface area contributed by atoms with E-state index < -0.39 is 21.0 Å². The Kier molecular flexibility index (Phi) is 4.73. The molecular weight excluding hydrogens is 228 g/mol. The van der Waals surface area contributed by atoms with Gasteiger partial charge in [0.15, 0.2) is 9.84 Å². The smallest absolute Gasteiger partial charge is 0.238 e. The predicted octanol–water partition coefficient (Wildman–Crippen LogP) is -0.322. The van der Waals surface area contributed by atoms with Crippen LogP contribution in [0.1, 0.15) is 26.2 Å². The summed E-state index contributed by atoms with van der Waals surface area (Å²) >= 11 is 0. The van der Waals surface area contributed by atoms with E-state index >= 15 is 0 Å². The third kappa shape index (κ3) is 4.09. The van der Waals surface area contributed by atoms with Gasteiger partial charge in [0.05, 0.1) is 0 Å². The third-order valence-electron chi connectivity index (χ3n) is 2.97. The Labute approximate surface area is 96.9 Å². The second kappa shape index (κ2) is 5.63. The molecule has 2 atom stereocenters. The summed E-state index contributed by atoms with van der Waals surface area (Å²) in [6.07, 6.45) is 4.26. The van der Waals surface area contributed by atoms with E-state index in [-0.39, 0.29) is 0 Å². The molecule has 1 heterocycles. The van der Waals surface area contributed by atoms with Gasteiger partial charge in [-0.05, 0) is 32.7 Å². The zero-order valence-corrected chi connectivity index (χ0v) is 10.6. The maximum atomic E-state index is 11.5. The van der Waals surface area contributed by atoms with Crippen LogP contribution in [0.15, 0.2) is 0 Å². The average Bonchev–Trinajstić information content (AvgIpc) is 2.67. The first-order chi connectivity index (χ1) is 7.41. The molecule has 2 unspecified atom stereocenters. The summed E-state index contributed by atoms with van der Waals surface area (Å²) in [4.78, 5) is 11.5. The van der Waals surface area contributed by atoms with Crippen molar-refractivity contribution in [2.45, 2.75) is 37.5 Å². The third-order valence-corrected chi connectivity index (χ3v) is 4.46. The molecular formula is C10H20N2O3S. The highest BCUT2D eigenvalue weighted by atomic mass is 32.2. The lowest BCUT2D eigenvalue weighted by molar-refractivity contribution is -0.120. The molecule has 0 aromatic rings. The molecule has 0 spiro atoms. The molecule has 0 bridgehead atoms. The molecule has 16 heavy (non-hydrogen) atoms. The van der Waals surface area contributed by atoms with Crippen molar-refractivity contribution in [1.29, 1.82) is 0 Å². The van der Waals surface area contributed by atoms with Crippen molar-refractivity contribution in [1.82, 2.24) is 10.6 Å². The molecule has 1 fully saturated rings. The monoisotopic (exact) mass is 248 g/mol. The van der Waals surface area contributed by atoms with E-state index in [0.29, 0.717) is 12.6 Å². The lowest BCUT2D eigenvalue weighted by Crippen LogP contribution is -2.39. The molecule has 0 radical (unpaired) electrons. The molecule has 1 rings (SSSR count). The number of carbonyl (C=O) groups is 1. The summed E-state index contributed by atoms with van der Waals surface area (Å²) < 4.78 is 22.2. The zero-order chi connectivity index (χ0) is 12.2. The summed E-state index contributed by atoms with van der Waals surface area (Å²) in [5.41, 5.74) is 0. The number of nitrogens with one attached hydrogen (secondary N) is 2. The Morgan fingerprint density at radius 1 is 1.56 bits per heavy atom. The van der Waals surface area contributed by atoms with Gasteiger partial charge in [0.2, 0.25) is 5.91 Å². The van der Waals surface area contributed by atoms with E-state index in [2.05, 4.69) is 10.6 Å². The highest BCUT2D eigenvalue weighted by molar-refractivity contribution is 7.92. The van der Waals surface area contributed by atoms with E-state index in [1.807, 2.05) is 0 Å². The summed E-state index contributed by atoms with van der Waals surface area (Å²) in [6.45, 7) is 2.99. The summed E-state index contributed by atoms with van der Waals surface area (Å²) in [6, 6.07) is 0.467. The number of carbonyl (C=O) groups excluding carboxylic acids is 1. The van der Waals surface area contributed by atoms with Crippen LogP contribution in [-0.4, -0.2) is 45.0 Å². The van der Waals surface area contributed by atoms with Crippen LogP contribution in [0.25, 0.3) is 0 Å². The van der Waals surface area contributed by atoms with Gasteiger partial charge in [-0.3, -0.25) is 4.79 Å². The molecule has 1 amide bonds. The first-order valence-corrected chi connectivity index (χ1v) is 7.56. The minimum absolute atomic E-state index is 0.402. The van der Waals surface area contributed by atoms with Gasteiger partial charge in [-0.2, -0.15) is 0 Å². The number of hydrogen-bond acceptors (Lipinski definition) is 4. The minimum Gasteiger partial charge on any atom is -0.355 e. The number of amides is 1. The lowest BCUT2D eigenvalue weighted by Gasteiger charge is -2.13. The summed E-state index contributed by atoms with van der Waals surface area (Å²) in [5, 5.41) is 5.02. The van der Waals surface area contributed by atoms with E-state index in [1.165, 1.54) is 13.3 Å². The first-order valence-electron chi connectivity index (χ1n) is 5.61. The van der Waals surface area contributed by atoms with Gasteiger partial charge < -0.3 is 10.6 Å². The van der Waals surface area contributed by atoms with Gasteiger partial charge in [-0.1, -0.05) is 0 Å². The molecule has 0 aliphatic carbocycles. The van der Waals surface area contributed by atoms with E-state index in [9.17, 15) is 13.2 Å². The van der Waals surface area contributed by atoms with Gasteiger partial charge >= 0.3 is 0 Å². The van der Waals surface area contributed by atoms with Crippen molar-refractivity contribution >= 4 is 15.7 Å². The van der Waals surface area contributed by atoms with Gasteiger partial charge in [0.25, 0.3) is 0 Å². The van der Waals surface area contributed by atoms with Crippen molar-refractivity contribution < 1.29 is 13.2 Å². The van der Waals surface area contributed by atoms with E-state index in [4.69, 9.17) is 0 Å². The zero-order valence-electron chi connectivity index (χ0n) is 9.82. The van der Waals surface area contributed by atoms with E-state index in [0.717, 1.165) is 25.6 Å². The average molecular weight is 248 g/mol. The van der Waals surface area contributed by atoms with Crippen molar-refractivity contribution in [3.63, 3.8) is 0 Å². The number of sulfone groups is 1. The topological polar surface area (TPSA) is 75.3 Å². The van der Waals surface area contributed by atoms with Crippen LogP contribution in [0.3, 0.4) is 0 Å². The Hall–Kier alpha value is -0.620. The second-order valence-corrected chi connectivity index (χ2v) is 6.71. The van der Waals surface area contributed by atoms with Crippen LogP contribution < -0.4 is 10.6 Å². The Morgan fingerprint density at radius 2 is 2.25 bits per heavy atom. The van der Waals surface area contributed by atoms with Crippen molar-refractivity contribution in [3.05, 3.63) is 0 Å². The molecule has 2 N–H and O–H groups in total. The van der Waals surface area contributed by atoms with Crippen LogP contribution in [-0.2, 0) is 14.6 Å². The fourth-order valence-corrected chi connectivity index (χ4v) is 2.18. The lowest BCUT2D eigenvalue weighted by atomic mass is 10.1. The van der Waals surface area contributed by atoms with Gasteiger partial charge in [-0.25, -0.2) is 8.42 Å². The number of hydrogen-bond donors (Lipinski definition) is 2. The van der Waals surface area contributed by atoms with Crippen LogP contribution >= 0.6 is 0 Å². The molecule has 0 aromatic heterocycles. The maximum absolute atomic E-state index is 11.5. The largest absolute Gasteiger partial charge is 0.355 e. The first kappa shape index (κ1) is 13.4. The van der Waals surface area contributed by atoms with Gasteiger partial charge in [0, 0.05) is 18.8 Å². The molecule has 94 valence electrons. The molecule has 1 aliphatic heterocycles. The quantitative estimate of drug-likeness (QED) is 0.699. The Morgan fingerprint density at radius 3 is 2.75 bits per heavy atom. The fraction of sp³-hybridized carbons (Fsp3) is 0.900. The highest BCUT2D eigenvalue weighted by Crippen LogP contribution is 2.07. The molecule has 6 heteroatoms. The molecule has 0 saturated carbocycles. The number of rotatable bonds is 5. The van der Waals surface area contributed by atoms with Crippen LogP contribution in [0.4, 0.5) is 0 Å². The molecule has 1 saturated heterocycles. The van der Waals surface area contributed by atoms with Gasteiger partial charge in [0.1, 0.15) is 5.25 Å². The molecule has 5 nitrogen and oxygen atoms in total. The molecule has 1 aliphatic rings. The van der Waals surface area contributed by atoms with Crippen LogP contribution in [0.2, 0.25) is 0 Å². The van der Waals surface area contributed by atoms with Crippen molar-refractivity contribution in [3.8, 4) is 0 Å². The summed E-state index contributed by atoms with van der Waals surface area (Å²) in [7, 11) is -3.28. The van der Waals surface area contributed by atoms with E-state index in [1.54, 1.807) is 0 Å². The minimum atomic E-state index is -3.28. The Bertz CT molecular complexity index is 334. The van der Waals surface area contributed by atoms with Crippen molar-refractivity contribution in [2.75, 3.05) is 19.3 Å². The van der Waals surface area contributed by atoms with Crippen molar-refractivity contribution in [2.24, 2.45) is 0 Å². The fourth-order valence-electron chi connectivity index (χ4n) is 1.71.